The van der Waals surface area contributed by atoms with Crippen molar-refractivity contribution in [2.45, 2.75) is 13.8 Å². The van der Waals surface area contributed by atoms with Gasteiger partial charge in [-0.15, -0.1) is 0 Å². The molecule has 0 aliphatic carbocycles. The van der Waals surface area contributed by atoms with Crippen LogP contribution >= 0.6 is 0 Å². The van der Waals surface area contributed by atoms with Crippen LogP contribution in [0, 0.1) is 6.92 Å². The molecular weight excluding hydrogens is 294 g/mol. The van der Waals surface area contributed by atoms with Gasteiger partial charge >= 0.3 is 0 Å². The van der Waals surface area contributed by atoms with Crippen LogP contribution in [0.3, 0.4) is 0 Å². The zero-order chi connectivity index (χ0) is 17.0. The van der Waals surface area contributed by atoms with E-state index in [0.717, 1.165) is 5.56 Å². The molecule has 0 atom stereocenters. The average Bonchev–Trinajstić information content (AvgIpc) is 2.49. The molecule has 0 radical (unpaired) electrons. The van der Waals surface area contributed by atoms with E-state index in [4.69, 9.17) is 5.73 Å². The minimum atomic E-state index is -0.528. The normalized spacial score (nSPS) is 16.4. The van der Waals surface area contributed by atoms with Crippen molar-refractivity contribution in [3.63, 3.8) is 0 Å². The number of carbonyl (C=O) groups excluding carboxylic acids is 2. The first kappa shape index (κ1) is 16.2. The molecule has 2 rings (SSSR count). The van der Waals surface area contributed by atoms with Crippen molar-refractivity contribution in [1.82, 2.24) is 10.3 Å². The van der Waals surface area contributed by atoms with Crippen molar-refractivity contribution in [2.75, 3.05) is 0 Å². The number of carbonyl (C=O) groups is 2. The Morgan fingerprint density at radius 2 is 2.22 bits per heavy atom. The third kappa shape index (κ3) is 3.52. The second-order valence-electron chi connectivity index (χ2n) is 4.94. The zero-order valence-electron chi connectivity index (χ0n) is 12.9. The maximum absolute atomic E-state index is 11.3. The number of primary amides is 1. The van der Waals surface area contributed by atoms with Gasteiger partial charge in [-0.05, 0) is 37.6 Å². The van der Waals surface area contributed by atoms with Crippen molar-refractivity contribution in [3.8, 4) is 0 Å². The van der Waals surface area contributed by atoms with Gasteiger partial charge in [0.05, 0.1) is 17.6 Å². The smallest absolute Gasteiger partial charge is 0.248 e. The number of amides is 1. The van der Waals surface area contributed by atoms with Crippen molar-refractivity contribution in [2.24, 2.45) is 15.8 Å². The Hall–Kier alpha value is -3.22. The van der Waals surface area contributed by atoms with Gasteiger partial charge < -0.3 is 5.73 Å². The van der Waals surface area contributed by atoms with Gasteiger partial charge in [-0.1, -0.05) is 12.6 Å². The Kier molecular flexibility index (Phi) is 4.70. The van der Waals surface area contributed by atoms with Crippen molar-refractivity contribution in [3.05, 3.63) is 53.4 Å². The van der Waals surface area contributed by atoms with Gasteiger partial charge in [0.25, 0.3) is 0 Å². The lowest BCUT2D eigenvalue weighted by atomic mass is 10.1. The number of aliphatic imine (C=N–C) groups is 1. The summed E-state index contributed by atoms with van der Waals surface area (Å²) in [5.74, 6) is -0.155. The lowest BCUT2D eigenvalue weighted by Gasteiger charge is -2.28. The number of allylic oxidation sites excluding steroid dienone is 3. The first-order valence-electron chi connectivity index (χ1n) is 6.83. The van der Waals surface area contributed by atoms with Gasteiger partial charge in [-0.2, -0.15) is 5.10 Å². The predicted molar refractivity (Wildman–Crippen MR) is 89.2 cm³/mol. The number of guanidine groups is 1. The van der Waals surface area contributed by atoms with Crippen molar-refractivity contribution in [1.29, 1.82) is 0 Å². The van der Waals surface area contributed by atoms with Gasteiger partial charge in [0, 0.05) is 11.3 Å². The molecule has 118 valence electrons. The number of nitrogens with two attached hydrogens (primary N) is 1. The fourth-order valence-electron chi connectivity index (χ4n) is 2.05. The Morgan fingerprint density at radius 1 is 1.48 bits per heavy atom. The summed E-state index contributed by atoms with van der Waals surface area (Å²) in [4.78, 5) is 28.2. The highest BCUT2D eigenvalue weighted by molar-refractivity contribution is 5.97. The SMILES string of the molecule is C=C1C=NNC(=Nc2cc(C(N)=O)ccc2C)N1/C(C)=C/C=O. The zero-order valence-corrected chi connectivity index (χ0v) is 12.9. The van der Waals surface area contributed by atoms with Gasteiger partial charge in [0.15, 0.2) is 0 Å². The van der Waals surface area contributed by atoms with Gasteiger partial charge in [-0.25, -0.2) is 10.4 Å². The monoisotopic (exact) mass is 311 g/mol. The molecule has 0 unspecified atom stereocenters. The molecule has 0 aromatic heterocycles. The molecule has 0 spiro atoms. The van der Waals surface area contributed by atoms with E-state index in [9.17, 15) is 9.59 Å². The van der Waals surface area contributed by atoms with Crippen LogP contribution < -0.4 is 11.2 Å². The van der Waals surface area contributed by atoms with E-state index in [0.29, 0.717) is 34.9 Å². The molecular formula is C16H17N5O2. The number of rotatable bonds is 4. The number of aryl methyl sites for hydroxylation is 1. The fourth-order valence-corrected chi connectivity index (χ4v) is 2.05. The molecule has 1 amide bonds. The summed E-state index contributed by atoms with van der Waals surface area (Å²) in [5, 5.41) is 3.96. The number of hydrazone groups is 1. The maximum Gasteiger partial charge on any atom is 0.248 e. The number of nitrogens with one attached hydrogen (secondary N) is 1. The number of benzene rings is 1. The molecule has 3 N–H and O–H groups in total. The van der Waals surface area contributed by atoms with Crippen LogP contribution in [0.5, 0.6) is 0 Å². The molecule has 1 aliphatic rings. The van der Waals surface area contributed by atoms with Crippen molar-refractivity contribution < 1.29 is 9.59 Å². The fraction of sp³-hybridized carbons (Fsp3) is 0.125. The third-order valence-corrected chi connectivity index (χ3v) is 3.26. The summed E-state index contributed by atoms with van der Waals surface area (Å²) >= 11 is 0. The second kappa shape index (κ2) is 6.69. The Balaban J connectivity index is 2.51. The number of aldehydes is 1. The van der Waals surface area contributed by atoms with Crippen LogP contribution in [0.25, 0.3) is 0 Å². The summed E-state index contributed by atoms with van der Waals surface area (Å²) in [6.07, 6.45) is 3.60. The van der Waals surface area contributed by atoms with Crippen LogP contribution in [0.1, 0.15) is 22.8 Å². The maximum atomic E-state index is 11.3. The van der Waals surface area contributed by atoms with Crippen LogP contribution in [0.2, 0.25) is 0 Å². The van der Waals surface area contributed by atoms with E-state index in [1.54, 1.807) is 30.0 Å². The lowest BCUT2D eigenvalue weighted by Crippen LogP contribution is -2.40. The van der Waals surface area contributed by atoms with Gasteiger partial charge in [-0.3, -0.25) is 14.5 Å². The van der Waals surface area contributed by atoms with E-state index in [-0.39, 0.29) is 0 Å². The topological polar surface area (TPSA) is 100 Å². The second-order valence-corrected chi connectivity index (χ2v) is 4.94. The molecule has 0 fully saturated rings. The molecule has 7 heteroatoms. The molecule has 1 heterocycles. The van der Waals surface area contributed by atoms with Gasteiger partial charge in [0.2, 0.25) is 11.9 Å². The molecule has 7 nitrogen and oxygen atoms in total. The first-order chi connectivity index (χ1) is 10.9. The van der Waals surface area contributed by atoms with Crippen LogP contribution in [-0.2, 0) is 4.79 Å². The Morgan fingerprint density at radius 3 is 2.87 bits per heavy atom. The summed E-state index contributed by atoms with van der Waals surface area (Å²) < 4.78 is 0. The summed E-state index contributed by atoms with van der Waals surface area (Å²) in [6, 6.07) is 5.01. The highest BCUT2D eigenvalue weighted by Gasteiger charge is 2.19. The number of hydrogen-bond donors (Lipinski definition) is 2. The van der Waals surface area contributed by atoms with Crippen LogP contribution in [-0.4, -0.2) is 29.3 Å². The molecule has 1 aromatic rings. The van der Waals surface area contributed by atoms with Crippen LogP contribution in [0.4, 0.5) is 5.69 Å². The lowest BCUT2D eigenvalue weighted by molar-refractivity contribution is -0.104. The van der Waals surface area contributed by atoms with Crippen LogP contribution in [0.15, 0.2) is 52.3 Å². The van der Waals surface area contributed by atoms with Crippen molar-refractivity contribution >= 4 is 30.1 Å². The standard InChI is InChI=1S/C16H17N5O2/c1-10-4-5-13(15(17)23)8-14(10)19-16-20-18-9-12(3)21(16)11(2)6-7-22/h4-9H,3H2,1-2H3,(H2,17,23)(H,19,20)/b11-6+. The predicted octanol–water partition coefficient (Wildman–Crippen LogP) is 1.59. The Bertz CT molecular complexity index is 762. The van der Waals surface area contributed by atoms with E-state index in [1.165, 1.54) is 12.3 Å². The van der Waals surface area contributed by atoms with E-state index in [2.05, 4.69) is 22.1 Å². The van der Waals surface area contributed by atoms with E-state index < -0.39 is 5.91 Å². The summed E-state index contributed by atoms with van der Waals surface area (Å²) in [5.41, 5.74) is 11.1. The molecule has 1 aliphatic heterocycles. The molecule has 0 saturated carbocycles. The van der Waals surface area contributed by atoms with Gasteiger partial charge in [0.1, 0.15) is 6.29 Å². The summed E-state index contributed by atoms with van der Waals surface area (Å²) in [6.45, 7) is 7.50. The molecule has 0 bridgehead atoms. The highest BCUT2D eigenvalue weighted by atomic mass is 16.1. The molecule has 1 aromatic carbocycles. The van der Waals surface area contributed by atoms with E-state index in [1.807, 2.05) is 6.92 Å². The number of nitrogens with zero attached hydrogens (tertiary/aromatic N) is 3. The third-order valence-electron chi connectivity index (χ3n) is 3.26. The molecule has 23 heavy (non-hydrogen) atoms. The first-order valence-corrected chi connectivity index (χ1v) is 6.83. The number of hydrogen-bond acceptors (Lipinski definition) is 4. The summed E-state index contributed by atoms with van der Waals surface area (Å²) in [7, 11) is 0. The molecule has 0 saturated heterocycles. The minimum Gasteiger partial charge on any atom is -0.366 e. The Labute approximate surface area is 133 Å². The average molecular weight is 311 g/mol. The largest absolute Gasteiger partial charge is 0.366 e. The van der Waals surface area contributed by atoms with E-state index >= 15 is 0 Å². The highest BCUT2D eigenvalue weighted by Crippen LogP contribution is 2.22. The quantitative estimate of drug-likeness (QED) is 0.651. The minimum absolute atomic E-state index is 0.361.